The van der Waals surface area contributed by atoms with Crippen molar-refractivity contribution in [2.75, 3.05) is 0 Å². The van der Waals surface area contributed by atoms with Gasteiger partial charge in [-0.2, -0.15) is 0 Å². The number of aliphatic hydroxyl groups excluding tert-OH is 1. The predicted molar refractivity (Wildman–Crippen MR) is 49.8 cm³/mol. The van der Waals surface area contributed by atoms with E-state index in [-0.39, 0.29) is 6.10 Å². The molecule has 2 bridgehead atoms. The molecule has 3 aliphatic rings. The summed E-state index contributed by atoms with van der Waals surface area (Å²) in [6, 6.07) is 0. The first-order valence-corrected chi connectivity index (χ1v) is 5.20. The molecule has 3 aliphatic carbocycles. The normalized spacial score (nSPS) is 51.0. The van der Waals surface area contributed by atoms with E-state index < -0.39 is 0 Å². The molecule has 4 atom stereocenters. The predicted octanol–water partition coefficient (Wildman–Crippen LogP) is 2.44. The minimum absolute atomic E-state index is 0.0261. The van der Waals surface area contributed by atoms with Crippen molar-refractivity contribution in [3.8, 4) is 0 Å². The van der Waals surface area contributed by atoms with Gasteiger partial charge < -0.3 is 5.11 Å². The first kappa shape index (κ1) is 8.55. The zero-order chi connectivity index (χ0) is 8.93. The van der Waals surface area contributed by atoms with Crippen LogP contribution >= 0.6 is 0 Å². The van der Waals surface area contributed by atoms with Crippen LogP contribution in [0.5, 0.6) is 0 Å². The van der Waals surface area contributed by atoms with Crippen LogP contribution in [0.3, 0.4) is 0 Å². The summed E-state index contributed by atoms with van der Waals surface area (Å²) in [4.78, 5) is 0. The van der Waals surface area contributed by atoms with Crippen LogP contribution in [-0.4, -0.2) is 11.2 Å². The highest BCUT2D eigenvalue weighted by Gasteiger charge is 2.51. The summed E-state index contributed by atoms with van der Waals surface area (Å²) in [6.45, 7) is 6.94. The molecule has 3 fully saturated rings. The van der Waals surface area contributed by atoms with Crippen molar-refractivity contribution >= 4 is 0 Å². The zero-order valence-electron chi connectivity index (χ0n) is 8.38. The lowest BCUT2D eigenvalue weighted by molar-refractivity contribution is -0.0228. The van der Waals surface area contributed by atoms with Gasteiger partial charge in [0.05, 0.1) is 6.10 Å². The van der Waals surface area contributed by atoms with E-state index in [4.69, 9.17) is 0 Å². The van der Waals surface area contributed by atoms with Gasteiger partial charge in [0.1, 0.15) is 0 Å². The van der Waals surface area contributed by atoms with E-state index in [1.54, 1.807) is 0 Å². The molecule has 0 heterocycles. The van der Waals surface area contributed by atoms with Crippen LogP contribution in [0.25, 0.3) is 0 Å². The Balaban J connectivity index is 2.14. The van der Waals surface area contributed by atoms with Crippen LogP contribution in [-0.2, 0) is 0 Å². The van der Waals surface area contributed by atoms with Gasteiger partial charge in [0.2, 0.25) is 0 Å². The van der Waals surface area contributed by atoms with Gasteiger partial charge in [0.15, 0.2) is 0 Å². The van der Waals surface area contributed by atoms with Gasteiger partial charge in [-0.1, -0.05) is 20.8 Å². The molecule has 0 amide bonds. The molecule has 4 unspecified atom stereocenters. The smallest absolute Gasteiger partial charge is 0.0568 e. The van der Waals surface area contributed by atoms with E-state index in [0.717, 1.165) is 18.3 Å². The molecule has 3 rings (SSSR count). The van der Waals surface area contributed by atoms with Crippen molar-refractivity contribution in [3.63, 3.8) is 0 Å². The Morgan fingerprint density at radius 3 is 2.25 bits per heavy atom. The summed E-state index contributed by atoms with van der Waals surface area (Å²) in [5.41, 5.74) is 0.520. The average molecular weight is 168 g/mol. The third kappa shape index (κ3) is 1.02. The topological polar surface area (TPSA) is 20.2 Å². The Morgan fingerprint density at radius 1 is 1.08 bits per heavy atom. The Bertz CT molecular complexity index is 167. The highest BCUT2D eigenvalue weighted by Crippen LogP contribution is 2.58. The lowest BCUT2D eigenvalue weighted by Gasteiger charge is -2.51. The van der Waals surface area contributed by atoms with Crippen molar-refractivity contribution in [1.29, 1.82) is 0 Å². The zero-order valence-corrected chi connectivity index (χ0v) is 8.38. The largest absolute Gasteiger partial charge is 0.393 e. The molecule has 0 saturated heterocycles. The maximum Gasteiger partial charge on any atom is 0.0568 e. The maximum absolute atomic E-state index is 9.79. The minimum atomic E-state index is -0.0261. The highest BCUT2D eigenvalue weighted by atomic mass is 16.3. The van der Waals surface area contributed by atoms with Crippen LogP contribution in [0.2, 0.25) is 0 Å². The quantitative estimate of drug-likeness (QED) is 0.589. The lowest BCUT2D eigenvalue weighted by atomic mass is 9.54. The first-order chi connectivity index (χ1) is 5.51. The van der Waals surface area contributed by atoms with Crippen molar-refractivity contribution < 1.29 is 5.11 Å². The van der Waals surface area contributed by atoms with E-state index in [0.29, 0.717) is 11.3 Å². The second-order valence-corrected chi connectivity index (χ2v) is 5.47. The van der Waals surface area contributed by atoms with Crippen molar-refractivity contribution in [1.82, 2.24) is 0 Å². The second-order valence-electron chi connectivity index (χ2n) is 5.47. The number of rotatable bonds is 0. The summed E-state index contributed by atoms with van der Waals surface area (Å²) >= 11 is 0. The molecule has 3 saturated carbocycles. The molecular weight excluding hydrogens is 148 g/mol. The third-order valence-electron chi connectivity index (χ3n) is 4.51. The molecule has 0 spiro atoms. The first-order valence-electron chi connectivity index (χ1n) is 5.20. The third-order valence-corrected chi connectivity index (χ3v) is 4.51. The van der Waals surface area contributed by atoms with Crippen molar-refractivity contribution in [2.45, 2.75) is 46.1 Å². The second kappa shape index (κ2) is 2.47. The number of hydrogen-bond donors (Lipinski definition) is 1. The van der Waals surface area contributed by atoms with Gasteiger partial charge in [0, 0.05) is 0 Å². The molecule has 1 heteroatoms. The Morgan fingerprint density at radius 2 is 1.67 bits per heavy atom. The Hall–Kier alpha value is -0.0400. The van der Waals surface area contributed by atoms with Crippen LogP contribution in [0.4, 0.5) is 0 Å². The molecule has 12 heavy (non-hydrogen) atoms. The molecule has 1 N–H and O–H groups in total. The minimum Gasteiger partial charge on any atom is -0.393 e. The fourth-order valence-electron chi connectivity index (χ4n) is 3.05. The SMILES string of the molecule is CC1CC2CC(CC1O)C2(C)C. The Kier molecular flexibility index (Phi) is 1.76. The summed E-state index contributed by atoms with van der Waals surface area (Å²) in [5.74, 6) is 2.21. The van der Waals surface area contributed by atoms with Crippen LogP contribution in [0.15, 0.2) is 0 Å². The van der Waals surface area contributed by atoms with E-state index in [1.807, 2.05) is 0 Å². The molecule has 0 aliphatic heterocycles. The van der Waals surface area contributed by atoms with Crippen LogP contribution in [0, 0.1) is 23.2 Å². The van der Waals surface area contributed by atoms with Crippen LogP contribution in [0.1, 0.15) is 40.0 Å². The summed E-state index contributed by atoms with van der Waals surface area (Å²) in [5, 5.41) is 9.79. The summed E-state index contributed by atoms with van der Waals surface area (Å²) in [6.07, 6.45) is 3.63. The van der Waals surface area contributed by atoms with Crippen molar-refractivity contribution in [3.05, 3.63) is 0 Å². The molecule has 1 nitrogen and oxygen atoms in total. The fraction of sp³-hybridized carbons (Fsp3) is 1.00. The van der Waals surface area contributed by atoms with Gasteiger partial charge in [-0.3, -0.25) is 0 Å². The Labute approximate surface area is 75.2 Å². The van der Waals surface area contributed by atoms with E-state index >= 15 is 0 Å². The van der Waals surface area contributed by atoms with E-state index in [1.165, 1.54) is 12.8 Å². The lowest BCUT2D eigenvalue weighted by Crippen LogP contribution is -2.43. The van der Waals surface area contributed by atoms with Gasteiger partial charge >= 0.3 is 0 Å². The molecule has 0 aromatic rings. The molecular formula is C11H20O. The molecule has 70 valence electrons. The fourth-order valence-corrected chi connectivity index (χ4v) is 3.05. The van der Waals surface area contributed by atoms with Gasteiger partial charge in [-0.05, 0) is 42.4 Å². The van der Waals surface area contributed by atoms with E-state index in [2.05, 4.69) is 20.8 Å². The average Bonchev–Trinajstić information content (AvgIpc) is 2.18. The maximum atomic E-state index is 9.79. The van der Waals surface area contributed by atoms with Gasteiger partial charge in [0.25, 0.3) is 0 Å². The molecule has 0 aromatic carbocycles. The monoisotopic (exact) mass is 168 g/mol. The van der Waals surface area contributed by atoms with Crippen molar-refractivity contribution in [2.24, 2.45) is 23.2 Å². The number of hydrogen-bond acceptors (Lipinski definition) is 1. The van der Waals surface area contributed by atoms with Crippen LogP contribution < -0.4 is 0 Å². The standard InChI is InChI=1S/C11H20O/c1-7-4-8-5-9(6-10(7)12)11(8,2)3/h7-10,12H,4-6H2,1-3H3. The summed E-state index contributed by atoms with van der Waals surface area (Å²) in [7, 11) is 0. The molecule has 0 radical (unpaired) electrons. The van der Waals surface area contributed by atoms with Gasteiger partial charge in [-0.25, -0.2) is 0 Å². The number of fused-ring (bicyclic) bond motifs is 3. The van der Waals surface area contributed by atoms with E-state index in [9.17, 15) is 5.11 Å². The number of aliphatic hydroxyl groups is 1. The highest BCUT2D eigenvalue weighted by molar-refractivity contribution is 5.01. The summed E-state index contributed by atoms with van der Waals surface area (Å²) < 4.78 is 0. The van der Waals surface area contributed by atoms with Gasteiger partial charge in [-0.15, -0.1) is 0 Å². The molecule has 0 aromatic heterocycles.